The highest BCUT2D eigenvalue weighted by Gasteiger charge is 2.15. The summed E-state index contributed by atoms with van der Waals surface area (Å²) in [6, 6.07) is 6.42. The van der Waals surface area contributed by atoms with E-state index >= 15 is 0 Å². The first-order valence-electron chi connectivity index (χ1n) is 8.04. The molecule has 0 unspecified atom stereocenters. The minimum atomic E-state index is -3.30. The van der Waals surface area contributed by atoms with E-state index in [1.54, 1.807) is 18.2 Å². The molecule has 0 aliphatic heterocycles. The number of aryl methyl sites for hydroxylation is 1. The van der Waals surface area contributed by atoms with E-state index in [2.05, 4.69) is 26.2 Å². The Kier molecular flexibility index (Phi) is 6.00. The summed E-state index contributed by atoms with van der Waals surface area (Å²) in [6.07, 6.45) is 1.15. The van der Waals surface area contributed by atoms with E-state index in [1.807, 2.05) is 13.8 Å². The van der Waals surface area contributed by atoms with E-state index in [4.69, 9.17) is 16.3 Å². The lowest BCUT2D eigenvalue weighted by Crippen LogP contribution is -2.20. The molecule has 6 nitrogen and oxygen atoms in total. The van der Waals surface area contributed by atoms with Crippen LogP contribution in [0.1, 0.15) is 11.1 Å². The van der Waals surface area contributed by atoms with Gasteiger partial charge in [0.15, 0.2) is 21.6 Å². The van der Waals surface area contributed by atoms with Gasteiger partial charge < -0.3 is 4.74 Å². The van der Waals surface area contributed by atoms with Gasteiger partial charge in [-0.15, -0.1) is 0 Å². The predicted molar refractivity (Wildman–Crippen MR) is 115 cm³/mol. The summed E-state index contributed by atoms with van der Waals surface area (Å²) in [5, 5.41) is 3.69. The number of nitrogens with zero attached hydrogens (tertiary/aromatic N) is 1. The second-order valence-electron chi connectivity index (χ2n) is 6.20. The smallest absolute Gasteiger partial charge is 0.264 e. The molecule has 28 heavy (non-hydrogen) atoms. The minimum Gasteiger partial charge on any atom is -0.483 e. The Morgan fingerprint density at radius 3 is 2.71 bits per heavy atom. The molecule has 0 aliphatic rings. The summed E-state index contributed by atoms with van der Waals surface area (Å²) in [5.41, 5.74) is 2.30. The van der Waals surface area contributed by atoms with Crippen LogP contribution >= 0.6 is 38.9 Å². The zero-order valence-corrected chi connectivity index (χ0v) is 19.1. The number of aromatic nitrogens is 1. The number of amides is 1. The Balaban J connectivity index is 1.72. The molecule has 0 saturated heterocycles. The first kappa shape index (κ1) is 21.0. The molecule has 0 spiro atoms. The molecule has 148 valence electrons. The van der Waals surface area contributed by atoms with Crippen molar-refractivity contribution in [1.29, 1.82) is 0 Å². The van der Waals surface area contributed by atoms with Gasteiger partial charge in [-0.3, -0.25) is 10.1 Å². The standard InChI is InChI=1S/C18H16BrClN2O4S2/c1-9-6-13(16(19)10(2)17(9)20)26-8-15(23)22-18-21-12-5-4-11(28(3,24)25)7-14(12)27-18/h4-7H,8H2,1-3H3,(H,21,22,23). The number of benzene rings is 2. The van der Waals surface area contributed by atoms with Gasteiger partial charge in [-0.1, -0.05) is 22.9 Å². The van der Waals surface area contributed by atoms with Gasteiger partial charge in [0.05, 0.1) is 19.6 Å². The molecule has 0 atom stereocenters. The van der Waals surface area contributed by atoms with Crippen molar-refractivity contribution in [3.63, 3.8) is 0 Å². The topological polar surface area (TPSA) is 85.4 Å². The van der Waals surface area contributed by atoms with Gasteiger partial charge in [0.2, 0.25) is 0 Å². The fraction of sp³-hybridized carbons (Fsp3) is 0.222. The van der Waals surface area contributed by atoms with Crippen molar-refractivity contribution < 1.29 is 17.9 Å². The largest absolute Gasteiger partial charge is 0.483 e. The normalized spacial score (nSPS) is 11.6. The van der Waals surface area contributed by atoms with Gasteiger partial charge in [0, 0.05) is 11.3 Å². The first-order chi connectivity index (χ1) is 13.1. The van der Waals surface area contributed by atoms with E-state index in [0.717, 1.165) is 17.4 Å². The third-order valence-electron chi connectivity index (χ3n) is 3.96. The average molecular weight is 504 g/mol. The van der Waals surface area contributed by atoms with Gasteiger partial charge in [-0.05, 0) is 65.2 Å². The van der Waals surface area contributed by atoms with Gasteiger partial charge in [-0.2, -0.15) is 0 Å². The van der Waals surface area contributed by atoms with Crippen molar-refractivity contribution in [2.75, 3.05) is 18.2 Å². The molecule has 0 radical (unpaired) electrons. The quantitative estimate of drug-likeness (QED) is 0.543. The Labute approximate surface area is 179 Å². The van der Waals surface area contributed by atoms with Crippen LogP contribution in [0.4, 0.5) is 5.13 Å². The molecule has 0 aliphatic carbocycles. The van der Waals surface area contributed by atoms with Crippen LogP contribution in [-0.4, -0.2) is 32.2 Å². The van der Waals surface area contributed by atoms with Crippen molar-refractivity contribution in [3.8, 4) is 5.75 Å². The van der Waals surface area contributed by atoms with Crippen molar-refractivity contribution in [2.24, 2.45) is 0 Å². The number of thiazole rings is 1. The number of hydrogen-bond donors (Lipinski definition) is 1. The fourth-order valence-corrected chi connectivity index (χ4v) is 4.83. The molecule has 2 aromatic carbocycles. The molecule has 3 aromatic rings. The third kappa shape index (κ3) is 4.48. The average Bonchev–Trinajstić information content (AvgIpc) is 3.02. The fourth-order valence-electron chi connectivity index (χ4n) is 2.49. The molecule has 1 amide bonds. The van der Waals surface area contributed by atoms with Crippen molar-refractivity contribution in [3.05, 3.63) is 44.9 Å². The molecular weight excluding hydrogens is 488 g/mol. The molecule has 0 bridgehead atoms. The summed E-state index contributed by atoms with van der Waals surface area (Å²) in [5.74, 6) is 0.149. The summed E-state index contributed by atoms with van der Waals surface area (Å²) in [7, 11) is -3.30. The maximum absolute atomic E-state index is 12.2. The second kappa shape index (κ2) is 7.98. The van der Waals surface area contributed by atoms with Crippen LogP contribution in [-0.2, 0) is 14.6 Å². The molecule has 3 rings (SSSR count). The number of carbonyl (C=O) groups excluding carboxylic acids is 1. The number of fused-ring (bicyclic) bond motifs is 1. The number of sulfone groups is 1. The van der Waals surface area contributed by atoms with E-state index in [-0.39, 0.29) is 17.4 Å². The second-order valence-corrected chi connectivity index (χ2v) is 10.4. The predicted octanol–water partition coefficient (Wildman–Crippen LogP) is 4.75. The van der Waals surface area contributed by atoms with Crippen molar-refractivity contribution in [2.45, 2.75) is 18.7 Å². The maximum Gasteiger partial charge on any atom is 0.264 e. The maximum atomic E-state index is 12.2. The van der Waals surface area contributed by atoms with E-state index in [9.17, 15) is 13.2 Å². The van der Waals surface area contributed by atoms with Crippen LogP contribution in [0.5, 0.6) is 5.75 Å². The number of hydrogen-bond acceptors (Lipinski definition) is 6. The lowest BCUT2D eigenvalue weighted by molar-refractivity contribution is -0.118. The molecule has 1 aromatic heterocycles. The summed E-state index contributed by atoms with van der Waals surface area (Å²) >= 11 is 10.8. The molecular formula is C18H16BrClN2O4S2. The summed E-state index contributed by atoms with van der Waals surface area (Å²) in [6.45, 7) is 3.52. The van der Waals surface area contributed by atoms with Crippen molar-refractivity contribution >= 4 is 70.0 Å². The number of rotatable bonds is 5. The Morgan fingerprint density at radius 2 is 2.04 bits per heavy atom. The highest BCUT2D eigenvalue weighted by atomic mass is 79.9. The van der Waals surface area contributed by atoms with Gasteiger partial charge >= 0.3 is 0 Å². The first-order valence-corrected chi connectivity index (χ1v) is 11.9. The van der Waals surface area contributed by atoms with Gasteiger partial charge in [0.1, 0.15) is 5.75 Å². The zero-order chi connectivity index (χ0) is 20.6. The Morgan fingerprint density at radius 1 is 1.32 bits per heavy atom. The third-order valence-corrected chi connectivity index (χ3v) is 7.57. The number of anilines is 1. The molecule has 1 N–H and O–H groups in total. The number of carbonyl (C=O) groups is 1. The van der Waals surface area contributed by atoms with Gasteiger partial charge in [-0.25, -0.2) is 13.4 Å². The molecule has 1 heterocycles. The van der Waals surface area contributed by atoms with Crippen LogP contribution in [0.2, 0.25) is 5.02 Å². The lowest BCUT2D eigenvalue weighted by atomic mass is 10.1. The highest BCUT2D eigenvalue weighted by molar-refractivity contribution is 9.10. The monoisotopic (exact) mass is 502 g/mol. The van der Waals surface area contributed by atoms with E-state index in [0.29, 0.717) is 30.6 Å². The van der Waals surface area contributed by atoms with Crippen LogP contribution in [0.25, 0.3) is 10.2 Å². The van der Waals surface area contributed by atoms with Crippen LogP contribution in [0, 0.1) is 13.8 Å². The highest BCUT2D eigenvalue weighted by Crippen LogP contribution is 2.35. The zero-order valence-electron chi connectivity index (χ0n) is 15.2. The SMILES string of the molecule is Cc1cc(OCC(=O)Nc2nc3ccc(S(C)(=O)=O)cc3s2)c(Br)c(C)c1Cl. The van der Waals surface area contributed by atoms with Crippen LogP contribution < -0.4 is 10.1 Å². The van der Waals surface area contributed by atoms with Crippen LogP contribution in [0.15, 0.2) is 33.6 Å². The molecule has 0 fully saturated rings. The Bertz CT molecular complexity index is 1190. The number of nitrogens with one attached hydrogen (secondary N) is 1. The number of halogens is 2. The van der Waals surface area contributed by atoms with Crippen molar-refractivity contribution in [1.82, 2.24) is 4.98 Å². The summed E-state index contributed by atoms with van der Waals surface area (Å²) < 4.78 is 30.3. The molecule has 10 heteroatoms. The summed E-state index contributed by atoms with van der Waals surface area (Å²) in [4.78, 5) is 16.7. The minimum absolute atomic E-state index is 0.205. The van der Waals surface area contributed by atoms with E-state index in [1.165, 1.54) is 17.4 Å². The lowest BCUT2D eigenvalue weighted by Gasteiger charge is -2.12. The van der Waals surface area contributed by atoms with E-state index < -0.39 is 9.84 Å². The number of ether oxygens (including phenoxy) is 1. The Hall–Kier alpha value is -1.68. The molecule has 0 saturated carbocycles. The van der Waals surface area contributed by atoms with Gasteiger partial charge in [0.25, 0.3) is 5.91 Å². The van der Waals surface area contributed by atoms with Crippen LogP contribution in [0.3, 0.4) is 0 Å².